The molecule has 2 nitrogen and oxygen atoms in total. The van der Waals surface area contributed by atoms with Gasteiger partial charge in [-0.2, -0.15) is 0 Å². The zero-order valence-corrected chi connectivity index (χ0v) is 32.1. The summed E-state index contributed by atoms with van der Waals surface area (Å²) in [5, 5.41) is 0. The fourth-order valence-corrected chi connectivity index (χ4v) is 6.58. The molecule has 0 radical (unpaired) electrons. The minimum Gasteiger partial charge on any atom is -0.342 e. The summed E-state index contributed by atoms with van der Waals surface area (Å²) in [5.74, 6) is 0. The number of benzene rings is 5. The monoisotopic (exact) mass is 642 g/mol. The SMILES string of the molecule is CC.CC.CC.CC.CC.CCN(c1ccc(N(CC)c2cccc3c2Cc2ccccc2-3)cc1)c1cccc2c1Cc1ccccc1-2. The van der Waals surface area contributed by atoms with E-state index in [0.717, 1.165) is 25.9 Å². The van der Waals surface area contributed by atoms with Crippen molar-refractivity contribution in [1.29, 1.82) is 0 Å². The predicted octanol–water partition coefficient (Wildman–Crippen LogP) is 14.3. The minimum absolute atomic E-state index is 0.925. The molecule has 0 fully saturated rings. The second kappa shape index (κ2) is 20.8. The van der Waals surface area contributed by atoms with E-state index >= 15 is 0 Å². The molecule has 0 aliphatic heterocycles. The summed E-state index contributed by atoms with van der Waals surface area (Å²) in [6.07, 6.45) is 2.00. The van der Waals surface area contributed by atoms with E-state index in [-0.39, 0.29) is 0 Å². The van der Waals surface area contributed by atoms with Crippen LogP contribution in [0.1, 0.15) is 105 Å². The Bertz CT molecular complexity index is 1520. The average Bonchev–Trinajstić information content (AvgIpc) is 3.77. The van der Waals surface area contributed by atoms with E-state index in [1.165, 1.54) is 67.3 Å². The van der Waals surface area contributed by atoms with E-state index in [9.17, 15) is 0 Å². The maximum atomic E-state index is 2.46. The van der Waals surface area contributed by atoms with Crippen LogP contribution in [0.3, 0.4) is 0 Å². The fourth-order valence-electron chi connectivity index (χ4n) is 6.58. The van der Waals surface area contributed by atoms with Gasteiger partial charge in [0.25, 0.3) is 0 Å². The smallest absolute Gasteiger partial charge is 0.0452 e. The molecule has 0 saturated carbocycles. The highest BCUT2D eigenvalue weighted by atomic mass is 15.1. The predicted molar refractivity (Wildman–Crippen MR) is 218 cm³/mol. The van der Waals surface area contributed by atoms with Crippen LogP contribution in [-0.2, 0) is 12.8 Å². The van der Waals surface area contributed by atoms with Crippen molar-refractivity contribution < 1.29 is 0 Å². The van der Waals surface area contributed by atoms with Crippen LogP contribution in [0, 0.1) is 0 Å². The van der Waals surface area contributed by atoms with Crippen LogP contribution >= 0.6 is 0 Å². The van der Waals surface area contributed by atoms with Gasteiger partial charge >= 0.3 is 0 Å². The van der Waals surface area contributed by atoms with Crippen molar-refractivity contribution in [2.45, 2.75) is 95.9 Å². The Labute approximate surface area is 294 Å². The number of hydrogen-bond acceptors (Lipinski definition) is 2. The molecule has 5 aromatic rings. The molecule has 0 amide bonds. The van der Waals surface area contributed by atoms with Crippen LogP contribution in [-0.4, -0.2) is 13.1 Å². The number of hydrogen-bond donors (Lipinski definition) is 0. The van der Waals surface area contributed by atoms with Gasteiger partial charge in [0.1, 0.15) is 0 Å². The molecule has 0 atom stereocenters. The summed E-state index contributed by atoms with van der Waals surface area (Å²) in [6.45, 7) is 26.3. The van der Waals surface area contributed by atoms with Gasteiger partial charge in [0.15, 0.2) is 0 Å². The van der Waals surface area contributed by atoms with Crippen LogP contribution in [0.4, 0.5) is 22.7 Å². The minimum atomic E-state index is 0.925. The molecule has 0 spiro atoms. The molecule has 48 heavy (non-hydrogen) atoms. The van der Waals surface area contributed by atoms with E-state index < -0.39 is 0 Å². The van der Waals surface area contributed by atoms with E-state index in [1.54, 1.807) is 0 Å². The normalized spacial score (nSPS) is 10.5. The second-order valence-electron chi connectivity index (χ2n) is 10.3. The van der Waals surface area contributed by atoms with Crippen LogP contribution in [0.2, 0.25) is 0 Å². The van der Waals surface area contributed by atoms with Crippen LogP contribution in [0.25, 0.3) is 22.3 Å². The van der Waals surface area contributed by atoms with Gasteiger partial charge in [-0.3, -0.25) is 0 Å². The third-order valence-corrected chi connectivity index (χ3v) is 8.34. The number of fused-ring (bicyclic) bond motifs is 6. The molecule has 7 rings (SSSR count). The Morgan fingerprint density at radius 2 is 0.688 bits per heavy atom. The van der Waals surface area contributed by atoms with Gasteiger partial charge in [0.2, 0.25) is 0 Å². The highest BCUT2D eigenvalue weighted by molar-refractivity contribution is 5.86. The standard InChI is InChI=1S/C36H32N2.5C2H6/c1-3-37(35-17-9-15-31-29-13-7-5-11-25(29)23-33(31)35)27-19-21-28(22-20-27)38(4-2)36-18-10-16-32-30-14-8-6-12-26(30)24-34(32)36;5*1-2/h5-22H,3-4,23-24H2,1-2H3;5*1-2H3. The molecular weight excluding hydrogens is 581 g/mol. The second-order valence-corrected chi connectivity index (χ2v) is 10.3. The molecular formula is C46H62N2. The molecule has 2 aliphatic rings. The topological polar surface area (TPSA) is 6.48 Å². The van der Waals surface area contributed by atoms with Gasteiger partial charge in [-0.05, 0) is 94.8 Å². The number of anilines is 4. The van der Waals surface area contributed by atoms with Crippen molar-refractivity contribution in [2.75, 3.05) is 22.9 Å². The molecule has 0 aromatic heterocycles. The maximum absolute atomic E-state index is 2.46. The first-order chi connectivity index (χ1) is 23.8. The Morgan fingerprint density at radius 1 is 0.375 bits per heavy atom. The molecule has 0 bridgehead atoms. The molecule has 2 aliphatic carbocycles. The number of nitrogens with zero attached hydrogens (tertiary/aromatic N) is 2. The maximum Gasteiger partial charge on any atom is 0.0452 e. The van der Waals surface area contributed by atoms with Crippen molar-refractivity contribution in [1.82, 2.24) is 0 Å². The Hall–Kier alpha value is -4.30. The van der Waals surface area contributed by atoms with Gasteiger partial charge in [-0.15, -0.1) is 0 Å². The molecule has 256 valence electrons. The lowest BCUT2D eigenvalue weighted by molar-refractivity contribution is 0.998. The van der Waals surface area contributed by atoms with E-state index in [2.05, 4.69) is 133 Å². The molecule has 0 saturated heterocycles. The largest absolute Gasteiger partial charge is 0.342 e. The van der Waals surface area contributed by atoms with Gasteiger partial charge in [0.05, 0.1) is 0 Å². The third-order valence-electron chi connectivity index (χ3n) is 8.34. The lowest BCUT2D eigenvalue weighted by atomic mass is 10.0. The fraction of sp³-hybridized carbons (Fsp3) is 0.348. The summed E-state index contributed by atoms with van der Waals surface area (Å²) < 4.78 is 0. The average molecular weight is 643 g/mol. The lowest BCUT2D eigenvalue weighted by Crippen LogP contribution is -2.19. The van der Waals surface area contributed by atoms with Gasteiger partial charge in [-0.1, -0.05) is 142 Å². The summed E-state index contributed by atoms with van der Waals surface area (Å²) in [4.78, 5) is 4.92. The van der Waals surface area contributed by atoms with E-state index in [4.69, 9.17) is 0 Å². The first-order valence-electron chi connectivity index (χ1n) is 18.8. The first kappa shape index (κ1) is 39.9. The molecule has 0 heterocycles. The molecule has 0 N–H and O–H groups in total. The van der Waals surface area contributed by atoms with Crippen molar-refractivity contribution in [2.24, 2.45) is 0 Å². The van der Waals surface area contributed by atoms with Gasteiger partial charge in [0, 0.05) is 48.7 Å². The Kier molecular flexibility index (Phi) is 17.3. The van der Waals surface area contributed by atoms with Crippen LogP contribution in [0.15, 0.2) is 109 Å². The summed E-state index contributed by atoms with van der Waals surface area (Å²) in [5.41, 5.74) is 16.4. The van der Waals surface area contributed by atoms with Crippen molar-refractivity contribution in [3.8, 4) is 22.3 Å². The molecule has 2 heteroatoms. The third kappa shape index (κ3) is 8.21. The zero-order chi connectivity index (χ0) is 35.6. The van der Waals surface area contributed by atoms with E-state index in [0.29, 0.717) is 0 Å². The first-order valence-corrected chi connectivity index (χ1v) is 18.8. The number of rotatable bonds is 6. The summed E-state index contributed by atoms with van der Waals surface area (Å²) in [7, 11) is 0. The van der Waals surface area contributed by atoms with Crippen molar-refractivity contribution >= 4 is 22.7 Å². The zero-order valence-electron chi connectivity index (χ0n) is 32.1. The molecule has 5 aromatic carbocycles. The van der Waals surface area contributed by atoms with Crippen molar-refractivity contribution in [3.63, 3.8) is 0 Å². The Balaban J connectivity index is 0.000000736. The molecule has 0 unspecified atom stereocenters. The lowest BCUT2D eigenvalue weighted by Gasteiger charge is -2.29. The van der Waals surface area contributed by atoms with Crippen LogP contribution < -0.4 is 9.80 Å². The summed E-state index contributed by atoms with van der Waals surface area (Å²) >= 11 is 0. The van der Waals surface area contributed by atoms with E-state index in [1.807, 2.05) is 69.2 Å². The highest BCUT2D eigenvalue weighted by Crippen LogP contribution is 2.45. The quantitative estimate of drug-likeness (QED) is 0.178. The Morgan fingerprint density at radius 3 is 1.02 bits per heavy atom. The highest BCUT2D eigenvalue weighted by Gasteiger charge is 2.25. The summed E-state index contributed by atoms with van der Waals surface area (Å²) in [6, 6.07) is 40.4. The van der Waals surface area contributed by atoms with Crippen molar-refractivity contribution in [3.05, 3.63) is 131 Å². The van der Waals surface area contributed by atoms with Gasteiger partial charge < -0.3 is 9.80 Å². The van der Waals surface area contributed by atoms with Crippen LogP contribution in [0.5, 0.6) is 0 Å². The van der Waals surface area contributed by atoms with Gasteiger partial charge in [-0.25, -0.2) is 0 Å².